The van der Waals surface area contributed by atoms with Gasteiger partial charge in [0.2, 0.25) is 6.33 Å². The summed E-state index contributed by atoms with van der Waals surface area (Å²) in [6.45, 7) is 19.9. The van der Waals surface area contributed by atoms with E-state index in [1.807, 2.05) is 0 Å². The minimum absolute atomic E-state index is 0.179. The fraction of sp³-hybridized carbons (Fsp3) is 0.889. The first-order chi connectivity index (χ1) is 16.1. The first-order valence-electron chi connectivity index (χ1n) is 13.4. The van der Waals surface area contributed by atoms with Crippen molar-refractivity contribution < 1.29 is 24.5 Å². The van der Waals surface area contributed by atoms with E-state index in [4.69, 9.17) is 9.47 Å². The van der Waals surface area contributed by atoms with E-state index in [1.165, 1.54) is 10.1 Å². The maximum Gasteiger partial charge on any atom is 0.243 e. The molecule has 8 heteroatoms. The molecule has 3 heterocycles. The summed E-state index contributed by atoms with van der Waals surface area (Å²) in [4.78, 5) is 0. The Balaban J connectivity index is 1.33. The lowest BCUT2D eigenvalue weighted by Crippen LogP contribution is -2.60. The molecule has 35 heavy (non-hydrogen) atoms. The van der Waals surface area contributed by atoms with Crippen LogP contribution in [-0.4, -0.2) is 72.7 Å². The first-order valence-corrected chi connectivity index (χ1v) is 13.4. The van der Waals surface area contributed by atoms with Crippen LogP contribution in [-0.2, 0) is 22.6 Å². The minimum Gasteiger partial charge on any atom is -0.378 e. The maximum absolute atomic E-state index is 10.5. The smallest absolute Gasteiger partial charge is 0.243 e. The van der Waals surface area contributed by atoms with E-state index in [-0.39, 0.29) is 34.4 Å². The molecule has 2 N–H and O–H groups in total. The van der Waals surface area contributed by atoms with Crippen LogP contribution in [0, 0.1) is 0 Å². The van der Waals surface area contributed by atoms with Gasteiger partial charge in [0.15, 0.2) is 0 Å². The van der Waals surface area contributed by atoms with E-state index in [1.54, 1.807) is 0 Å². The van der Waals surface area contributed by atoms with Gasteiger partial charge in [-0.1, -0.05) is 0 Å². The highest BCUT2D eigenvalue weighted by Gasteiger charge is 2.46. The van der Waals surface area contributed by atoms with Crippen molar-refractivity contribution in [3.05, 3.63) is 18.7 Å². The van der Waals surface area contributed by atoms with Crippen molar-refractivity contribution >= 4 is 0 Å². The molecule has 2 fully saturated rings. The second-order valence-corrected chi connectivity index (χ2v) is 13.3. The number of hydroxylamine groups is 4. The van der Waals surface area contributed by atoms with Gasteiger partial charge in [-0.2, -0.15) is 10.1 Å². The Kier molecular flexibility index (Phi) is 8.77. The SMILES string of the molecule is CC1(C)CC(OCCCn2cc[n+](CCCOC3CC(C)(C)N(O)C(C)(C)C3)c2)CC(C)(C)N1O. The average Bonchev–Trinajstić information content (AvgIpc) is 3.18. The molecule has 2 saturated heterocycles. The molecule has 0 radical (unpaired) electrons. The van der Waals surface area contributed by atoms with Crippen molar-refractivity contribution in [2.75, 3.05) is 13.2 Å². The van der Waals surface area contributed by atoms with Crippen LogP contribution >= 0.6 is 0 Å². The van der Waals surface area contributed by atoms with Crippen LogP contribution in [0.15, 0.2) is 18.7 Å². The molecule has 0 atom stereocenters. The minimum atomic E-state index is -0.273. The van der Waals surface area contributed by atoms with E-state index in [2.05, 4.69) is 83.2 Å². The number of nitrogens with zero attached hydrogens (tertiary/aromatic N) is 4. The largest absolute Gasteiger partial charge is 0.378 e. The summed E-state index contributed by atoms with van der Waals surface area (Å²) in [5.74, 6) is 0. The van der Waals surface area contributed by atoms with Gasteiger partial charge in [0.25, 0.3) is 0 Å². The molecule has 1 aromatic heterocycles. The molecule has 1 aromatic rings. The molecule has 0 spiro atoms. The van der Waals surface area contributed by atoms with Crippen LogP contribution in [0.4, 0.5) is 0 Å². The van der Waals surface area contributed by atoms with Crippen molar-refractivity contribution in [1.82, 2.24) is 14.7 Å². The monoisotopic (exact) mass is 495 g/mol. The Bertz CT molecular complexity index is 719. The number of imidazole rings is 1. The normalized spacial score (nSPS) is 25.2. The highest BCUT2D eigenvalue weighted by atomic mass is 16.5. The molecule has 0 amide bonds. The number of piperidine rings is 2. The highest BCUT2D eigenvalue weighted by Crippen LogP contribution is 2.39. The number of hydrogen-bond acceptors (Lipinski definition) is 6. The molecule has 202 valence electrons. The molecule has 2 aliphatic rings. The molecule has 0 aliphatic carbocycles. The van der Waals surface area contributed by atoms with Crippen LogP contribution in [0.5, 0.6) is 0 Å². The van der Waals surface area contributed by atoms with Gasteiger partial charge in [0, 0.05) is 35.0 Å². The van der Waals surface area contributed by atoms with E-state index >= 15 is 0 Å². The summed E-state index contributed by atoms with van der Waals surface area (Å²) in [7, 11) is 0. The lowest BCUT2D eigenvalue weighted by molar-refractivity contribution is -0.697. The van der Waals surface area contributed by atoms with Gasteiger partial charge in [0.05, 0.1) is 38.5 Å². The molecule has 0 aromatic carbocycles. The third-order valence-electron chi connectivity index (χ3n) is 7.78. The summed E-state index contributed by atoms with van der Waals surface area (Å²) in [5, 5.41) is 23.9. The Morgan fingerprint density at radius 3 is 1.63 bits per heavy atom. The fourth-order valence-electron chi connectivity index (χ4n) is 6.29. The molecule has 2 aliphatic heterocycles. The van der Waals surface area contributed by atoms with E-state index in [9.17, 15) is 10.4 Å². The summed E-state index contributed by atoms with van der Waals surface area (Å²) < 4.78 is 16.9. The lowest BCUT2D eigenvalue weighted by atomic mass is 9.80. The number of rotatable bonds is 10. The Hall–Kier alpha value is -1.03. The summed E-state index contributed by atoms with van der Waals surface area (Å²) >= 11 is 0. The lowest BCUT2D eigenvalue weighted by Gasteiger charge is -2.51. The molecular formula is C27H51N4O4+. The zero-order valence-corrected chi connectivity index (χ0v) is 23.5. The number of aromatic nitrogens is 2. The quantitative estimate of drug-likeness (QED) is 0.370. The van der Waals surface area contributed by atoms with Crippen LogP contribution in [0.25, 0.3) is 0 Å². The van der Waals surface area contributed by atoms with Gasteiger partial charge in [0.1, 0.15) is 12.4 Å². The van der Waals surface area contributed by atoms with Crippen molar-refractivity contribution in [2.45, 2.75) is 141 Å². The predicted octanol–water partition coefficient (Wildman–Crippen LogP) is 4.41. The van der Waals surface area contributed by atoms with Crippen LogP contribution in [0.1, 0.15) is 93.9 Å². The first kappa shape index (κ1) is 28.5. The predicted molar refractivity (Wildman–Crippen MR) is 135 cm³/mol. The second kappa shape index (κ2) is 10.8. The van der Waals surface area contributed by atoms with Gasteiger partial charge in [-0.05, 0) is 81.1 Å². The van der Waals surface area contributed by atoms with Crippen LogP contribution < -0.4 is 4.57 Å². The number of ether oxygens (including phenoxy) is 2. The molecule has 3 rings (SSSR count). The van der Waals surface area contributed by atoms with Gasteiger partial charge in [-0.15, -0.1) is 0 Å². The topological polar surface area (TPSA) is 74.2 Å². The third kappa shape index (κ3) is 7.27. The van der Waals surface area contributed by atoms with Crippen molar-refractivity contribution in [3.8, 4) is 0 Å². The summed E-state index contributed by atoms with van der Waals surface area (Å²) in [6, 6.07) is 0. The second-order valence-electron chi connectivity index (χ2n) is 13.3. The van der Waals surface area contributed by atoms with Crippen molar-refractivity contribution in [3.63, 3.8) is 0 Å². The fourth-order valence-corrected chi connectivity index (χ4v) is 6.29. The maximum atomic E-state index is 10.5. The van der Waals surface area contributed by atoms with E-state index < -0.39 is 0 Å². The van der Waals surface area contributed by atoms with E-state index in [0.29, 0.717) is 0 Å². The highest BCUT2D eigenvalue weighted by molar-refractivity contribution is 4.97. The number of hydrogen-bond donors (Lipinski definition) is 2. The zero-order chi connectivity index (χ0) is 26.1. The van der Waals surface area contributed by atoms with Crippen LogP contribution in [0.3, 0.4) is 0 Å². The molecular weight excluding hydrogens is 444 g/mol. The Morgan fingerprint density at radius 2 is 1.17 bits per heavy atom. The Labute approximate surface area is 212 Å². The van der Waals surface area contributed by atoms with Gasteiger partial charge >= 0.3 is 0 Å². The van der Waals surface area contributed by atoms with Crippen LogP contribution in [0.2, 0.25) is 0 Å². The zero-order valence-electron chi connectivity index (χ0n) is 23.5. The third-order valence-corrected chi connectivity index (χ3v) is 7.78. The van der Waals surface area contributed by atoms with Crippen molar-refractivity contribution in [2.24, 2.45) is 0 Å². The molecule has 8 nitrogen and oxygen atoms in total. The van der Waals surface area contributed by atoms with Gasteiger partial charge in [-0.25, -0.2) is 9.13 Å². The molecule has 0 unspecified atom stereocenters. The average molecular weight is 496 g/mol. The summed E-state index contributed by atoms with van der Waals surface area (Å²) in [5.41, 5.74) is -1.09. The number of aryl methyl sites for hydroxylation is 2. The van der Waals surface area contributed by atoms with Gasteiger partial charge in [-0.3, -0.25) is 0 Å². The van der Waals surface area contributed by atoms with Crippen molar-refractivity contribution in [1.29, 1.82) is 0 Å². The Morgan fingerprint density at radius 1 is 0.743 bits per heavy atom. The van der Waals surface area contributed by atoms with E-state index in [0.717, 1.165) is 64.8 Å². The summed E-state index contributed by atoms with van der Waals surface area (Å²) in [6.07, 6.45) is 12.1. The molecule has 0 saturated carbocycles. The van der Waals surface area contributed by atoms with Gasteiger partial charge < -0.3 is 19.9 Å². The standard InChI is InChI=1S/C27H51N4O4/c1-24(2)17-22(18-25(3,4)30(24)32)34-15-9-11-28-13-14-29(21-28)12-10-16-35-23-19-26(5,6)31(33)27(7,8)20-23/h13-14,21-23,32-33H,9-12,15-20H2,1-8H3/q+1. The molecule has 0 bridgehead atoms.